The minimum absolute atomic E-state index is 0.195. The van der Waals surface area contributed by atoms with Crippen LogP contribution in [0.1, 0.15) is 21.5 Å². The summed E-state index contributed by atoms with van der Waals surface area (Å²) < 4.78 is 0. The summed E-state index contributed by atoms with van der Waals surface area (Å²) in [6.45, 7) is 0. The number of rotatable bonds is 3. The average Bonchev–Trinajstić information content (AvgIpc) is 2.48. The fraction of sp³-hybridized carbons (Fsp3) is 0. The SMILES string of the molecule is N#C/C(=C\c1ccc(C(=O)O)cc1)c1ccc(Cl)c(Cl)c1. The van der Waals surface area contributed by atoms with Crippen LogP contribution in [0.5, 0.6) is 0 Å². The van der Waals surface area contributed by atoms with Crippen LogP contribution in [0.4, 0.5) is 0 Å². The van der Waals surface area contributed by atoms with Crippen molar-refractivity contribution in [3.63, 3.8) is 0 Å². The van der Waals surface area contributed by atoms with Crippen LogP contribution in [-0.2, 0) is 0 Å². The van der Waals surface area contributed by atoms with Crippen molar-refractivity contribution in [2.45, 2.75) is 0 Å². The van der Waals surface area contributed by atoms with Crippen LogP contribution in [0.2, 0.25) is 10.0 Å². The first-order valence-electron chi connectivity index (χ1n) is 5.92. The van der Waals surface area contributed by atoms with E-state index in [1.165, 1.54) is 12.1 Å². The fourth-order valence-electron chi connectivity index (χ4n) is 1.73. The number of carbonyl (C=O) groups is 1. The highest BCUT2D eigenvalue weighted by molar-refractivity contribution is 6.42. The van der Waals surface area contributed by atoms with E-state index < -0.39 is 5.97 Å². The smallest absolute Gasteiger partial charge is 0.335 e. The molecule has 1 N–H and O–H groups in total. The van der Waals surface area contributed by atoms with Gasteiger partial charge in [0.25, 0.3) is 0 Å². The van der Waals surface area contributed by atoms with E-state index in [1.807, 2.05) is 0 Å². The van der Waals surface area contributed by atoms with Gasteiger partial charge < -0.3 is 5.11 Å². The quantitative estimate of drug-likeness (QED) is 0.656. The van der Waals surface area contributed by atoms with Gasteiger partial charge in [-0.25, -0.2) is 4.79 Å². The maximum atomic E-state index is 10.8. The van der Waals surface area contributed by atoms with Crippen molar-refractivity contribution in [1.82, 2.24) is 0 Å². The number of nitriles is 1. The summed E-state index contributed by atoms with van der Waals surface area (Å²) in [5.74, 6) is -0.990. The van der Waals surface area contributed by atoms with E-state index in [1.54, 1.807) is 36.4 Å². The minimum atomic E-state index is -0.990. The number of aromatic carboxylic acids is 1. The zero-order valence-electron chi connectivity index (χ0n) is 10.7. The summed E-state index contributed by atoms with van der Waals surface area (Å²) in [6.07, 6.45) is 1.66. The standard InChI is InChI=1S/C16H9Cl2NO2/c17-14-6-5-12(8-15(14)18)13(9-19)7-10-1-3-11(4-2-10)16(20)21/h1-8H,(H,20,21)/b13-7+. The molecule has 5 heteroatoms. The second-order valence-corrected chi connectivity index (χ2v) is 5.04. The molecular weight excluding hydrogens is 309 g/mol. The highest BCUT2D eigenvalue weighted by Crippen LogP contribution is 2.27. The molecule has 0 atom stereocenters. The van der Waals surface area contributed by atoms with Crippen molar-refractivity contribution in [3.05, 3.63) is 69.2 Å². The van der Waals surface area contributed by atoms with Crippen molar-refractivity contribution < 1.29 is 9.90 Å². The normalized spacial score (nSPS) is 11.0. The van der Waals surface area contributed by atoms with Crippen LogP contribution in [0.15, 0.2) is 42.5 Å². The Kier molecular flexibility index (Phi) is 4.64. The van der Waals surface area contributed by atoms with Gasteiger partial charge in [0.1, 0.15) is 0 Å². The van der Waals surface area contributed by atoms with Gasteiger partial charge in [-0.15, -0.1) is 0 Å². The Balaban J connectivity index is 2.38. The van der Waals surface area contributed by atoms with Crippen molar-refractivity contribution >= 4 is 40.8 Å². The molecule has 0 heterocycles. The minimum Gasteiger partial charge on any atom is -0.478 e. The molecule has 0 aromatic heterocycles. The second kappa shape index (κ2) is 6.45. The van der Waals surface area contributed by atoms with Gasteiger partial charge in [-0.2, -0.15) is 5.26 Å². The molecule has 2 aromatic carbocycles. The lowest BCUT2D eigenvalue weighted by Gasteiger charge is -2.02. The number of carboxylic acid groups (broad SMARTS) is 1. The maximum Gasteiger partial charge on any atom is 0.335 e. The maximum absolute atomic E-state index is 10.8. The zero-order valence-corrected chi connectivity index (χ0v) is 12.2. The average molecular weight is 318 g/mol. The Bertz CT molecular complexity index is 759. The molecular formula is C16H9Cl2NO2. The van der Waals surface area contributed by atoms with Crippen LogP contribution in [0.3, 0.4) is 0 Å². The number of benzene rings is 2. The first-order valence-corrected chi connectivity index (χ1v) is 6.67. The van der Waals surface area contributed by atoms with Gasteiger partial charge in [0.05, 0.1) is 27.3 Å². The summed E-state index contributed by atoms with van der Waals surface area (Å²) >= 11 is 11.8. The predicted molar refractivity (Wildman–Crippen MR) is 83.3 cm³/mol. The van der Waals surface area contributed by atoms with E-state index in [0.29, 0.717) is 21.2 Å². The van der Waals surface area contributed by atoms with Gasteiger partial charge in [-0.3, -0.25) is 0 Å². The number of carboxylic acids is 1. The third-order valence-corrected chi connectivity index (χ3v) is 3.56. The van der Waals surface area contributed by atoms with Crippen molar-refractivity contribution in [1.29, 1.82) is 5.26 Å². The fourth-order valence-corrected chi connectivity index (χ4v) is 2.03. The molecule has 0 aliphatic rings. The van der Waals surface area contributed by atoms with E-state index >= 15 is 0 Å². The molecule has 0 unspecified atom stereocenters. The molecule has 0 amide bonds. The molecule has 0 saturated heterocycles. The number of halogens is 2. The van der Waals surface area contributed by atoms with Gasteiger partial charge in [0, 0.05) is 0 Å². The first-order chi connectivity index (χ1) is 10.0. The molecule has 2 aromatic rings. The lowest BCUT2D eigenvalue weighted by atomic mass is 10.0. The Labute approximate surface area is 131 Å². The molecule has 0 aliphatic carbocycles. The van der Waals surface area contributed by atoms with E-state index in [9.17, 15) is 10.1 Å². The molecule has 3 nitrogen and oxygen atoms in total. The van der Waals surface area contributed by atoms with Crippen LogP contribution < -0.4 is 0 Å². The van der Waals surface area contributed by atoms with E-state index in [-0.39, 0.29) is 5.56 Å². The Morgan fingerprint density at radius 3 is 2.19 bits per heavy atom. The molecule has 2 rings (SSSR count). The van der Waals surface area contributed by atoms with Crippen molar-refractivity contribution in [3.8, 4) is 6.07 Å². The highest BCUT2D eigenvalue weighted by atomic mass is 35.5. The van der Waals surface area contributed by atoms with Crippen LogP contribution in [0.25, 0.3) is 11.6 Å². The Morgan fingerprint density at radius 2 is 1.67 bits per heavy atom. The summed E-state index contributed by atoms with van der Waals surface area (Å²) in [5, 5.41) is 18.9. The van der Waals surface area contributed by atoms with Crippen molar-refractivity contribution in [2.24, 2.45) is 0 Å². The van der Waals surface area contributed by atoms with Crippen LogP contribution in [0, 0.1) is 11.3 Å². The van der Waals surface area contributed by atoms with E-state index in [0.717, 1.165) is 5.56 Å². The summed E-state index contributed by atoms with van der Waals surface area (Å²) in [6, 6.07) is 13.3. The van der Waals surface area contributed by atoms with E-state index in [2.05, 4.69) is 6.07 Å². The van der Waals surface area contributed by atoms with Gasteiger partial charge in [-0.1, -0.05) is 41.4 Å². The topological polar surface area (TPSA) is 61.1 Å². The number of hydrogen-bond acceptors (Lipinski definition) is 2. The third-order valence-electron chi connectivity index (χ3n) is 2.82. The van der Waals surface area contributed by atoms with Gasteiger partial charge in [0.2, 0.25) is 0 Å². The number of hydrogen-bond donors (Lipinski definition) is 1. The molecule has 104 valence electrons. The van der Waals surface area contributed by atoms with Crippen LogP contribution in [-0.4, -0.2) is 11.1 Å². The number of nitrogens with zero attached hydrogens (tertiary/aromatic N) is 1. The molecule has 0 saturated carbocycles. The van der Waals surface area contributed by atoms with E-state index in [4.69, 9.17) is 28.3 Å². The summed E-state index contributed by atoms with van der Waals surface area (Å²) in [4.78, 5) is 10.8. The molecule has 0 aliphatic heterocycles. The molecule has 0 bridgehead atoms. The monoisotopic (exact) mass is 317 g/mol. The molecule has 21 heavy (non-hydrogen) atoms. The summed E-state index contributed by atoms with van der Waals surface area (Å²) in [7, 11) is 0. The summed E-state index contributed by atoms with van der Waals surface area (Å²) in [5.41, 5.74) is 1.98. The predicted octanol–water partition coefficient (Wildman–Crippen LogP) is 4.76. The largest absolute Gasteiger partial charge is 0.478 e. The Hall–Kier alpha value is -2.28. The van der Waals surface area contributed by atoms with Gasteiger partial charge in [-0.05, 0) is 41.5 Å². The van der Waals surface area contributed by atoms with Crippen LogP contribution >= 0.6 is 23.2 Å². The van der Waals surface area contributed by atoms with Crippen molar-refractivity contribution in [2.75, 3.05) is 0 Å². The van der Waals surface area contributed by atoms with Gasteiger partial charge in [0.15, 0.2) is 0 Å². The third kappa shape index (κ3) is 3.63. The molecule has 0 radical (unpaired) electrons. The number of allylic oxidation sites excluding steroid dienone is 1. The lowest BCUT2D eigenvalue weighted by molar-refractivity contribution is 0.0697. The lowest BCUT2D eigenvalue weighted by Crippen LogP contribution is -1.94. The first kappa shape index (κ1) is 15.1. The highest BCUT2D eigenvalue weighted by Gasteiger charge is 2.06. The second-order valence-electron chi connectivity index (χ2n) is 4.23. The zero-order chi connectivity index (χ0) is 15.4. The molecule has 0 fully saturated rings. The Morgan fingerprint density at radius 1 is 1.05 bits per heavy atom. The van der Waals surface area contributed by atoms with Gasteiger partial charge >= 0.3 is 5.97 Å². The molecule has 0 spiro atoms.